The molecule has 0 spiro atoms. The molecule has 2 heterocycles. The highest BCUT2D eigenvalue weighted by Crippen LogP contribution is 2.48. The van der Waals surface area contributed by atoms with Crippen LogP contribution in [-0.4, -0.2) is 46.8 Å². The van der Waals surface area contributed by atoms with E-state index < -0.39 is 11.7 Å². The number of thioether (sulfide) groups is 1. The SMILES string of the molecule is CNC(O)C1C[C@H]1C(=O)NCC#Cc1cc2c(N[C@@H]3CCC4CC[C@@H]43)cccn2c1SC(F)(F)F. The fourth-order valence-corrected chi connectivity index (χ4v) is 6.25. The van der Waals surface area contributed by atoms with E-state index in [0.717, 1.165) is 18.0 Å². The first-order valence-electron chi connectivity index (χ1n) is 12.0. The first-order valence-corrected chi connectivity index (χ1v) is 12.8. The van der Waals surface area contributed by atoms with Gasteiger partial charge < -0.3 is 20.1 Å². The number of hydrogen-bond donors (Lipinski definition) is 4. The van der Waals surface area contributed by atoms with Gasteiger partial charge in [0.2, 0.25) is 5.91 Å². The molecule has 3 fully saturated rings. The molecule has 0 saturated heterocycles. The topological polar surface area (TPSA) is 77.8 Å². The molecule has 2 aromatic heterocycles. The molecule has 3 saturated carbocycles. The lowest BCUT2D eigenvalue weighted by atomic mass is 9.75. The number of alkyl halides is 3. The Morgan fingerprint density at radius 3 is 2.80 bits per heavy atom. The van der Waals surface area contributed by atoms with Crippen LogP contribution in [0.3, 0.4) is 0 Å². The summed E-state index contributed by atoms with van der Waals surface area (Å²) in [5.74, 6) is 6.46. The van der Waals surface area contributed by atoms with E-state index in [1.54, 1.807) is 29.8 Å². The maximum absolute atomic E-state index is 13.4. The largest absolute Gasteiger partial charge is 0.447 e. The Morgan fingerprint density at radius 2 is 2.11 bits per heavy atom. The van der Waals surface area contributed by atoms with E-state index in [-0.39, 0.29) is 46.6 Å². The molecule has 3 aliphatic rings. The maximum atomic E-state index is 13.4. The number of anilines is 1. The van der Waals surface area contributed by atoms with Gasteiger partial charge in [0.1, 0.15) is 11.3 Å². The van der Waals surface area contributed by atoms with Crippen LogP contribution in [0.1, 0.15) is 37.7 Å². The molecule has 6 nitrogen and oxygen atoms in total. The van der Waals surface area contributed by atoms with Crippen LogP contribution in [0.5, 0.6) is 0 Å². The monoisotopic (exact) mass is 506 g/mol. The summed E-state index contributed by atoms with van der Waals surface area (Å²) in [5, 5.41) is 18.8. The van der Waals surface area contributed by atoms with Gasteiger partial charge in [0.15, 0.2) is 0 Å². The van der Waals surface area contributed by atoms with Gasteiger partial charge in [-0.1, -0.05) is 11.8 Å². The van der Waals surface area contributed by atoms with Crippen LogP contribution in [0.4, 0.5) is 18.9 Å². The van der Waals surface area contributed by atoms with Crippen molar-refractivity contribution in [3.05, 3.63) is 30.0 Å². The average Bonchev–Trinajstić information content (AvgIpc) is 3.45. The molecule has 0 bridgehead atoms. The number of aliphatic hydroxyl groups excluding tert-OH is 1. The predicted octanol–water partition coefficient (Wildman–Crippen LogP) is 3.79. The Balaban J connectivity index is 1.33. The molecule has 188 valence electrons. The molecule has 10 heteroatoms. The molecule has 0 radical (unpaired) electrons. The molecule has 35 heavy (non-hydrogen) atoms. The Labute approximate surface area is 206 Å². The lowest BCUT2D eigenvalue weighted by molar-refractivity contribution is -0.122. The average molecular weight is 507 g/mol. The first kappa shape index (κ1) is 24.3. The summed E-state index contributed by atoms with van der Waals surface area (Å²) in [4.78, 5) is 12.2. The normalized spacial score (nSPS) is 28.0. The quantitative estimate of drug-likeness (QED) is 0.261. The summed E-state index contributed by atoms with van der Waals surface area (Å²) in [6, 6.07) is 5.71. The minimum atomic E-state index is -4.46. The second kappa shape index (κ2) is 9.60. The number of aromatic nitrogens is 1. The van der Waals surface area contributed by atoms with E-state index in [4.69, 9.17) is 0 Å². The van der Waals surface area contributed by atoms with Crippen molar-refractivity contribution in [2.45, 2.75) is 54.9 Å². The van der Waals surface area contributed by atoms with Gasteiger partial charge in [-0.05, 0) is 69.2 Å². The van der Waals surface area contributed by atoms with Gasteiger partial charge in [-0.25, -0.2) is 0 Å². The number of amides is 1. The number of halogens is 3. The Hall–Kier alpha value is -2.35. The zero-order chi connectivity index (χ0) is 24.7. The number of carbonyl (C=O) groups excluding carboxylic acids is 1. The van der Waals surface area contributed by atoms with E-state index in [9.17, 15) is 23.1 Å². The van der Waals surface area contributed by atoms with Crippen LogP contribution in [-0.2, 0) is 4.79 Å². The Bertz CT molecular complexity index is 1170. The third-order valence-corrected chi connectivity index (χ3v) is 8.45. The lowest BCUT2D eigenvalue weighted by Gasteiger charge is -2.34. The zero-order valence-electron chi connectivity index (χ0n) is 19.4. The van der Waals surface area contributed by atoms with Crippen LogP contribution in [0, 0.1) is 35.5 Å². The summed E-state index contributed by atoms with van der Waals surface area (Å²) < 4.78 is 41.7. The molecular weight excluding hydrogens is 477 g/mol. The molecule has 1 amide bonds. The van der Waals surface area contributed by atoms with Gasteiger partial charge in [-0.15, -0.1) is 0 Å². The lowest BCUT2D eigenvalue weighted by Crippen LogP contribution is -2.33. The van der Waals surface area contributed by atoms with Crippen molar-refractivity contribution in [2.75, 3.05) is 18.9 Å². The third-order valence-electron chi connectivity index (χ3n) is 7.61. The molecular formula is C25H29F3N4O2S. The van der Waals surface area contributed by atoms with Gasteiger partial charge in [0.05, 0.1) is 23.3 Å². The highest BCUT2D eigenvalue weighted by molar-refractivity contribution is 8.00. The Kier molecular flexibility index (Phi) is 6.68. The second-order valence-electron chi connectivity index (χ2n) is 9.68. The van der Waals surface area contributed by atoms with E-state index in [1.165, 1.54) is 19.3 Å². The Morgan fingerprint density at radius 1 is 1.31 bits per heavy atom. The summed E-state index contributed by atoms with van der Waals surface area (Å²) in [7, 11) is 1.63. The predicted molar refractivity (Wildman–Crippen MR) is 129 cm³/mol. The van der Waals surface area contributed by atoms with Crippen LogP contribution in [0.25, 0.3) is 5.52 Å². The molecule has 5 rings (SSSR count). The van der Waals surface area contributed by atoms with Crippen molar-refractivity contribution in [2.24, 2.45) is 23.7 Å². The van der Waals surface area contributed by atoms with Crippen LogP contribution < -0.4 is 16.0 Å². The first-order chi connectivity index (χ1) is 16.7. The van der Waals surface area contributed by atoms with Crippen molar-refractivity contribution in [1.82, 2.24) is 15.0 Å². The maximum Gasteiger partial charge on any atom is 0.447 e. The number of nitrogens with one attached hydrogen (secondary N) is 3. The number of carbonyl (C=O) groups is 1. The van der Waals surface area contributed by atoms with E-state index >= 15 is 0 Å². The van der Waals surface area contributed by atoms with Gasteiger partial charge in [0, 0.05) is 35.8 Å². The molecule has 3 unspecified atom stereocenters. The van der Waals surface area contributed by atoms with Gasteiger partial charge in [0.25, 0.3) is 0 Å². The number of hydrogen-bond acceptors (Lipinski definition) is 5. The summed E-state index contributed by atoms with van der Waals surface area (Å²) >= 11 is -0.177. The van der Waals surface area contributed by atoms with Crippen molar-refractivity contribution < 1.29 is 23.1 Å². The zero-order valence-corrected chi connectivity index (χ0v) is 20.2. The van der Waals surface area contributed by atoms with Crippen molar-refractivity contribution in [1.29, 1.82) is 0 Å². The standard InChI is InChI=1S/C25H29F3N4O2S/c1-29-22(33)17-13-18(17)23(34)30-10-2-4-15-12-21-20(31-19-9-7-14-6-8-16(14)19)5-3-11-32(21)24(15)35-25(26,27)28/h3,5,11-12,14,16-19,22,29,31,33H,6-10,13H2,1H3,(H,30,34)/t14?,16-,17?,18+,19+,22?/m0/s1. The summed E-state index contributed by atoms with van der Waals surface area (Å²) in [6.45, 7) is 0.0241. The fraction of sp³-hybridized carbons (Fsp3) is 0.560. The second-order valence-corrected chi connectivity index (χ2v) is 10.7. The highest BCUT2D eigenvalue weighted by atomic mass is 32.2. The molecule has 0 aliphatic heterocycles. The molecule has 3 aliphatic carbocycles. The van der Waals surface area contributed by atoms with Crippen LogP contribution in [0.2, 0.25) is 0 Å². The van der Waals surface area contributed by atoms with Crippen LogP contribution in [0.15, 0.2) is 29.4 Å². The van der Waals surface area contributed by atoms with Gasteiger partial charge in [-0.2, -0.15) is 13.2 Å². The van der Waals surface area contributed by atoms with Crippen molar-refractivity contribution >= 4 is 28.9 Å². The van der Waals surface area contributed by atoms with Gasteiger partial charge in [-0.3, -0.25) is 10.1 Å². The summed E-state index contributed by atoms with van der Waals surface area (Å²) in [5.41, 5.74) is -2.70. The van der Waals surface area contributed by atoms with E-state index in [2.05, 4.69) is 27.8 Å². The van der Waals surface area contributed by atoms with Crippen molar-refractivity contribution in [3.8, 4) is 11.8 Å². The third kappa shape index (κ3) is 5.13. The minimum absolute atomic E-state index is 0.0160. The van der Waals surface area contributed by atoms with E-state index in [1.807, 2.05) is 6.07 Å². The number of nitrogens with zero attached hydrogens (tertiary/aromatic N) is 1. The van der Waals surface area contributed by atoms with Gasteiger partial charge >= 0.3 is 5.51 Å². The van der Waals surface area contributed by atoms with E-state index in [0.29, 0.717) is 23.9 Å². The highest BCUT2D eigenvalue weighted by Gasteiger charge is 2.47. The van der Waals surface area contributed by atoms with Crippen molar-refractivity contribution in [3.63, 3.8) is 0 Å². The number of fused-ring (bicyclic) bond motifs is 2. The molecule has 4 N–H and O–H groups in total. The number of aliphatic hydroxyl groups is 1. The minimum Gasteiger partial charge on any atom is -0.380 e. The molecule has 2 aromatic rings. The molecule has 0 aromatic carbocycles. The smallest absolute Gasteiger partial charge is 0.380 e. The molecule has 6 atom stereocenters. The number of rotatable bonds is 7. The fourth-order valence-electron chi connectivity index (χ4n) is 5.55. The summed E-state index contributed by atoms with van der Waals surface area (Å²) in [6.07, 6.45) is 6.27. The number of pyridine rings is 1. The van der Waals surface area contributed by atoms with Crippen LogP contribution >= 0.6 is 11.8 Å².